The van der Waals surface area contributed by atoms with Crippen LogP contribution in [0.1, 0.15) is 49.8 Å². The van der Waals surface area contributed by atoms with Gasteiger partial charge in [-0.3, -0.25) is 0 Å². The standard InChI is InChI=1S/C17H28N2/c1-4-12-18-17(13-19(3)15-9-7-10-15)16-11-6-5-8-14(16)2/h5-6,8,11,15,17-18H,4,7,9-10,12-13H2,1-3H3. The molecule has 1 N–H and O–H groups in total. The third-order valence-electron chi connectivity index (χ3n) is 4.37. The molecule has 1 fully saturated rings. The summed E-state index contributed by atoms with van der Waals surface area (Å²) in [4.78, 5) is 2.54. The first kappa shape index (κ1) is 14.5. The second-order valence-electron chi connectivity index (χ2n) is 5.89. The smallest absolute Gasteiger partial charge is 0.0451 e. The van der Waals surface area contributed by atoms with Crippen molar-refractivity contribution >= 4 is 0 Å². The highest BCUT2D eigenvalue weighted by Crippen LogP contribution is 2.26. The van der Waals surface area contributed by atoms with Crippen LogP contribution in [0.5, 0.6) is 0 Å². The quantitative estimate of drug-likeness (QED) is 0.807. The largest absolute Gasteiger partial charge is 0.309 e. The Balaban J connectivity index is 2.04. The lowest BCUT2D eigenvalue weighted by Gasteiger charge is -2.37. The van der Waals surface area contributed by atoms with Crippen molar-refractivity contribution in [2.45, 2.75) is 51.6 Å². The minimum Gasteiger partial charge on any atom is -0.309 e. The monoisotopic (exact) mass is 260 g/mol. The summed E-state index contributed by atoms with van der Waals surface area (Å²) in [5.41, 5.74) is 2.86. The minimum atomic E-state index is 0.465. The highest BCUT2D eigenvalue weighted by Gasteiger charge is 2.24. The third kappa shape index (κ3) is 3.80. The summed E-state index contributed by atoms with van der Waals surface area (Å²) < 4.78 is 0. The molecule has 0 aliphatic heterocycles. The van der Waals surface area contributed by atoms with Crippen molar-refractivity contribution in [3.8, 4) is 0 Å². The van der Waals surface area contributed by atoms with Crippen LogP contribution in [0.4, 0.5) is 0 Å². The summed E-state index contributed by atoms with van der Waals surface area (Å²) in [6, 6.07) is 10.1. The van der Waals surface area contributed by atoms with Crippen molar-refractivity contribution in [2.24, 2.45) is 0 Å². The van der Waals surface area contributed by atoms with Crippen molar-refractivity contribution in [1.29, 1.82) is 0 Å². The Bertz CT molecular complexity index is 385. The Morgan fingerprint density at radius 3 is 2.63 bits per heavy atom. The number of nitrogens with zero attached hydrogens (tertiary/aromatic N) is 1. The Kier molecular flexibility index (Phi) is 5.41. The summed E-state index contributed by atoms with van der Waals surface area (Å²) in [5.74, 6) is 0. The summed E-state index contributed by atoms with van der Waals surface area (Å²) in [6.45, 7) is 6.67. The third-order valence-corrected chi connectivity index (χ3v) is 4.37. The molecule has 2 heteroatoms. The molecule has 19 heavy (non-hydrogen) atoms. The van der Waals surface area contributed by atoms with Crippen LogP contribution in [-0.2, 0) is 0 Å². The van der Waals surface area contributed by atoms with Gasteiger partial charge in [0.1, 0.15) is 0 Å². The van der Waals surface area contributed by atoms with Crippen molar-refractivity contribution < 1.29 is 0 Å². The van der Waals surface area contributed by atoms with Crippen LogP contribution in [0.2, 0.25) is 0 Å². The molecule has 0 aromatic heterocycles. The van der Waals surface area contributed by atoms with E-state index in [-0.39, 0.29) is 0 Å². The molecule has 1 aliphatic rings. The molecule has 0 spiro atoms. The zero-order valence-corrected chi connectivity index (χ0v) is 12.7. The second kappa shape index (κ2) is 7.06. The van der Waals surface area contributed by atoms with Crippen LogP contribution in [0.15, 0.2) is 24.3 Å². The van der Waals surface area contributed by atoms with Crippen LogP contribution >= 0.6 is 0 Å². The van der Waals surface area contributed by atoms with E-state index in [0.717, 1.165) is 19.1 Å². The Morgan fingerprint density at radius 2 is 2.05 bits per heavy atom. The van der Waals surface area contributed by atoms with E-state index >= 15 is 0 Å². The highest BCUT2D eigenvalue weighted by atomic mass is 15.2. The van der Waals surface area contributed by atoms with Crippen molar-refractivity contribution in [3.63, 3.8) is 0 Å². The maximum Gasteiger partial charge on any atom is 0.0451 e. The Morgan fingerprint density at radius 1 is 1.32 bits per heavy atom. The van der Waals surface area contributed by atoms with E-state index in [1.54, 1.807) is 0 Å². The Hall–Kier alpha value is -0.860. The van der Waals surface area contributed by atoms with Gasteiger partial charge in [0.2, 0.25) is 0 Å². The van der Waals surface area contributed by atoms with Gasteiger partial charge in [0.25, 0.3) is 0 Å². The number of benzene rings is 1. The van der Waals surface area contributed by atoms with E-state index in [2.05, 4.69) is 55.4 Å². The summed E-state index contributed by atoms with van der Waals surface area (Å²) in [5, 5.41) is 3.72. The number of hydrogen-bond donors (Lipinski definition) is 1. The Labute approximate surface area is 118 Å². The maximum absolute atomic E-state index is 3.72. The van der Waals surface area contributed by atoms with Gasteiger partial charge in [-0.1, -0.05) is 37.6 Å². The number of nitrogens with one attached hydrogen (secondary N) is 1. The first-order valence-corrected chi connectivity index (χ1v) is 7.71. The number of hydrogen-bond acceptors (Lipinski definition) is 2. The minimum absolute atomic E-state index is 0.465. The molecule has 1 aromatic rings. The molecule has 0 heterocycles. The zero-order valence-electron chi connectivity index (χ0n) is 12.7. The van der Waals surface area contributed by atoms with E-state index in [0.29, 0.717) is 6.04 Å². The van der Waals surface area contributed by atoms with E-state index in [1.807, 2.05) is 0 Å². The molecular weight excluding hydrogens is 232 g/mol. The fraction of sp³-hybridized carbons (Fsp3) is 0.647. The van der Waals surface area contributed by atoms with Crippen LogP contribution in [0.3, 0.4) is 0 Å². The van der Waals surface area contributed by atoms with Crippen LogP contribution in [0, 0.1) is 6.92 Å². The first-order chi connectivity index (χ1) is 9.22. The molecule has 2 rings (SSSR count). The SMILES string of the molecule is CCCNC(CN(C)C1CCC1)c1ccccc1C. The fourth-order valence-electron chi connectivity index (χ4n) is 2.83. The topological polar surface area (TPSA) is 15.3 Å². The lowest BCUT2D eigenvalue weighted by molar-refractivity contribution is 0.145. The van der Waals surface area contributed by atoms with Gasteiger partial charge in [-0.05, 0) is 50.9 Å². The predicted octanol–water partition coefficient (Wildman–Crippen LogP) is 3.52. The first-order valence-electron chi connectivity index (χ1n) is 7.71. The van der Waals surface area contributed by atoms with Gasteiger partial charge < -0.3 is 10.2 Å². The second-order valence-corrected chi connectivity index (χ2v) is 5.89. The van der Waals surface area contributed by atoms with Crippen molar-refractivity contribution in [1.82, 2.24) is 10.2 Å². The van der Waals surface area contributed by atoms with Gasteiger partial charge in [0.05, 0.1) is 0 Å². The highest BCUT2D eigenvalue weighted by molar-refractivity contribution is 5.29. The number of likely N-dealkylation sites (N-methyl/N-ethyl adjacent to an activating group) is 1. The molecule has 0 amide bonds. The molecule has 0 radical (unpaired) electrons. The van der Waals surface area contributed by atoms with Crippen LogP contribution < -0.4 is 5.32 Å². The summed E-state index contributed by atoms with van der Waals surface area (Å²) >= 11 is 0. The lowest BCUT2D eigenvalue weighted by Crippen LogP contribution is -2.42. The molecular formula is C17H28N2. The molecule has 2 nitrogen and oxygen atoms in total. The van der Waals surface area contributed by atoms with E-state index in [1.165, 1.54) is 36.8 Å². The summed E-state index contributed by atoms with van der Waals surface area (Å²) in [7, 11) is 2.28. The van der Waals surface area contributed by atoms with Crippen molar-refractivity contribution in [2.75, 3.05) is 20.1 Å². The molecule has 0 saturated heterocycles. The maximum atomic E-state index is 3.72. The van der Waals surface area contributed by atoms with E-state index < -0.39 is 0 Å². The van der Waals surface area contributed by atoms with E-state index in [9.17, 15) is 0 Å². The van der Waals surface area contributed by atoms with Gasteiger partial charge in [-0.2, -0.15) is 0 Å². The average molecular weight is 260 g/mol. The van der Waals surface area contributed by atoms with Crippen molar-refractivity contribution in [3.05, 3.63) is 35.4 Å². The predicted molar refractivity (Wildman–Crippen MR) is 82.5 cm³/mol. The zero-order chi connectivity index (χ0) is 13.7. The van der Waals surface area contributed by atoms with E-state index in [4.69, 9.17) is 0 Å². The molecule has 1 unspecified atom stereocenters. The number of aryl methyl sites for hydroxylation is 1. The molecule has 106 valence electrons. The van der Waals surface area contributed by atoms with Crippen LogP contribution in [-0.4, -0.2) is 31.1 Å². The van der Waals surface area contributed by atoms with Gasteiger partial charge in [0, 0.05) is 18.6 Å². The summed E-state index contributed by atoms with van der Waals surface area (Å²) in [6.07, 6.45) is 5.36. The van der Waals surface area contributed by atoms with Gasteiger partial charge >= 0.3 is 0 Å². The molecule has 0 bridgehead atoms. The molecule has 1 aromatic carbocycles. The molecule has 1 atom stereocenters. The van der Waals surface area contributed by atoms with Gasteiger partial charge in [0.15, 0.2) is 0 Å². The lowest BCUT2D eigenvalue weighted by atomic mass is 9.91. The fourth-order valence-corrected chi connectivity index (χ4v) is 2.83. The molecule has 1 saturated carbocycles. The van der Waals surface area contributed by atoms with Gasteiger partial charge in [-0.15, -0.1) is 0 Å². The van der Waals surface area contributed by atoms with Crippen LogP contribution in [0.25, 0.3) is 0 Å². The molecule has 1 aliphatic carbocycles. The van der Waals surface area contributed by atoms with Gasteiger partial charge in [-0.25, -0.2) is 0 Å². The number of rotatable bonds is 7. The normalized spacial score (nSPS) is 17.5. The average Bonchev–Trinajstić information content (AvgIpc) is 2.33.